The molecule has 0 aliphatic rings. The number of fused-ring (bicyclic) bond motifs is 3. The lowest BCUT2D eigenvalue weighted by Gasteiger charge is -2.16. The van der Waals surface area contributed by atoms with E-state index in [0.29, 0.717) is 23.0 Å². The molecule has 0 saturated heterocycles. The second-order valence-corrected chi connectivity index (χ2v) is 12.4. The Balaban J connectivity index is 1.34. The van der Waals surface area contributed by atoms with Gasteiger partial charge < -0.3 is 4.57 Å². The minimum absolute atomic E-state index is 0.571. The number of rotatable bonds is 6. The first-order chi connectivity index (χ1) is 25.2. The molecule has 2 aromatic heterocycles. The van der Waals surface area contributed by atoms with E-state index in [2.05, 4.69) is 95.6 Å². The first-order valence-corrected chi connectivity index (χ1v) is 16.8. The summed E-state index contributed by atoms with van der Waals surface area (Å²) in [5, 5.41) is 12.0. The van der Waals surface area contributed by atoms with Crippen molar-refractivity contribution < 1.29 is 0 Å². The van der Waals surface area contributed by atoms with Crippen molar-refractivity contribution in [1.82, 2.24) is 19.5 Å². The molecular weight excluding hydrogens is 623 g/mol. The predicted molar refractivity (Wildman–Crippen MR) is 206 cm³/mol. The van der Waals surface area contributed by atoms with Gasteiger partial charge in [-0.2, -0.15) is 5.26 Å². The third-order valence-corrected chi connectivity index (χ3v) is 9.28. The van der Waals surface area contributed by atoms with Crippen molar-refractivity contribution in [1.29, 1.82) is 5.26 Å². The second-order valence-electron chi connectivity index (χ2n) is 12.4. The summed E-state index contributed by atoms with van der Waals surface area (Å²) in [5.74, 6) is 1.78. The summed E-state index contributed by atoms with van der Waals surface area (Å²) < 4.78 is 2.32. The summed E-state index contributed by atoms with van der Waals surface area (Å²) in [7, 11) is 0. The summed E-state index contributed by atoms with van der Waals surface area (Å²) in [5.41, 5.74) is 10.6. The van der Waals surface area contributed by atoms with E-state index in [1.807, 2.05) is 91.0 Å². The molecule has 9 rings (SSSR count). The quantitative estimate of drug-likeness (QED) is 0.179. The Hall–Kier alpha value is -7.16. The molecule has 0 unspecified atom stereocenters. The van der Waals surface area contributed by atoms with Crippen molar-refractivity contribution in [2.45, 2.75) is 0 Å². The second kappa shape index (κ2) is 12.7. The standard InChI is InChI=1S/C46H29N5/c47-30-31-13-12-20-35(27-31)37-23-25-39(46-49-44(33-16-6-2-7-17-33)48-45(50-46)34-18-8-3-9-19-34)43(29-37)51-41-22-11-10-21-38(41)40-28-36(24-26-42(40)51)32-14-4-1-5-15-32/h1-29H. The molecule has 0 amide bonds. The lowest BCUT2D eigenvalue weighted by molar-refractivity contribution is 1.06. The SMILES string of the molecule is N#Cc1cccc(-c2ccc(-c3nc(-c4ccccc4)nc(-c4ccccc4)n3)c(-n3c4ccccc4c4cc(-c5ccccc5)ccc43)c2)c1. The van der Waals surface area contributed by atoms with Gasteiger partial charge >= 0.3 is 0 Å². The summed E-state index contributed by atoms with van der Waals surface area (Å²) >= 11 is 0. The van der Waals surface area contributed by atoms with Crippen molar-refractivity contribution in [3.8, 4) is 68.2 Å². The molecule has 5 nitrogen and oxygen atoms in total. The Labute approximate surface area is 295 Å². The third kappa shape index (κ3) is 5.51. The van der Waals surface area contributed by atoms with E-state index in [1.165, 1.54) is 5.56 Å². The van der Waals surface area contributed by atoms with Gasteiger partial charge in [-0.05, 0) is 64.7 Å². The number of hydrogen-bond acceptors (Lipinski definition) is 4. The molecule has 51 heavy (non-hydrogen) atoms. The molecule has 9 aromatic rings. The van der Waals surface area contributed by atoms with Gasteiger partial charge in [0.1, 0.15) is 0 Å². The maximum atomic E-state index is 9.71. The van der Waals surface area contributed by atoms with Crippen LogP contribution in [0.4, 0.5) is 0 Å². The minimum atomic E-state index is 0.571. The fourth-order valence-electron chi connectivity index (χ4n) is 6.83. The van der Waals surface area contributed by atoms with E-state index in [-0.39, 0.29) is 0 Å². The Bertz CT molecular complexity index is 2690. The Morgan fingerprint density at radius 1 is 0.392 bits per heavy atom. The third-order valence-electron chi connectivity index (χ3n) is 9.28. The zero-order chi connectivity index (χ0) is 34.1. The number of nitriles is 1. The number of hydrogen-bond donors (Lipinski definition) is 0. The average Bonchev–Trinajstić information content (AvgIpc) is 3.55. The van der Waals surface area contributed by atoms with E-state index in [1.54, 1.807) is 0 Å². The van der Waals surface area contributed by atoms with Crippen LogP contribution in [0, 0.1) is 11.3 Å². The number of para-hydroxylation sites is 1. The van der Waals surface area contributed by atoms with Crippen LogP contribution in [0.5, 0.6) is 0 Å². The van der Waals surface area contributed by atoms with Crippen LogP contribution in [0.3, 0.4) is 0 Å². The van der Waals surface area contributed by atoms with Crippen LogP contribution >= 0.6 is 0 Å². The Morgan fingerprint density at radius 2 is 0.922 bits per heavy atom. The molecule has 0 radical (unpaired) electrons. The van der Waals surface area contributed by atoms with Crippen molar-refractivity contribution in [2.75, 3.05) is 0 Å². The highest BCUT2D eigenvalue weighted by Crippen LogP contribution is 2.39. The van der Waals surface area contributed by atoms with Gasteiger partial charge in [-0.25, -0.2) is 15.0 Å². The highest BCUT2D eigenvalue weighted by atomic mass is 15.1. The lowest BCUT2D eigenvalue weighted by atomic mass is 9.99. The molecule has 7 aromatic carbocycles. The van der Waals surface area contributed by atoms with Crippen LogP contribution in [-0.4, -0.2) is 19.5 Å². The van der Waals surface area contributed by atoms with Gasteiger partial charge in [0.15, 0.2) is 17.5 Å². The topological polar surface area (TPSA) is 67.4 Å². The molecule has 0 fully saturated rings. The van der Waals surface area contributed by atoms with Crippen LogP contribution in [-0.2, 0) is 0 Å². The van der Waals surface area contributed by atoms with Gasteiger partial charge in [0.05, 0.1) is 28.4 Å². The first kappa shape index (κ1) is 29.9. The fourth-order valence-corrected chi connectivity index (χ4v) is 6.83. The summed E-state index contributed by atoms with van der Waals surface area (Å²) in [6.07, 6.45) is 0. The van der Waals surface area contributed by atoms with Crippen LogP contribution in [0.1, 0.15) is 5.56 Å². The van der Waals surface area contributed by atoms with Crippen molar-refractivity contribution in [3.63, 3.8) is 0 Å². The lowest BCUT2D eigenvalue weighted by Crippen LogP contribution is -2.04. The van der Waals surface area contributed by atoms with E-state index < -0.39 is 0 Å². The zero-order valence-corrected chi connectivity index (χ0v) is 27.5. The number of nitrogens with zero attached hydrogens (tertiary/aromatic N) is 5. The summed E-state index contributed by atoms with van der Waals surface area (Å²) in [6, 6.07) is 62.2. The highest BCUT2D eigenvalue weighted by molar-refractivity contribution is 6.11. The normalized spacial score (nSPS) is 11.1. The Morgan fingerprint density at radius 3 is 1.61 bits per heavy atom. The van der Waals surface area contributed by atoms with Gasteiger partial charge in [-0.15, -0.1) is 0 Å². The summed E-state index contributed by atoms with van der Waals surface area (Å²) in [6.45, 7) is 0. The van der Waals surface area contributed by atoms with E-state index in [9.17, 15) is 5.26 Å². The largest absolute Gasteiger partial charge is 0.308 e. The van der Waals surface area contributed by atoms with Gasteiger partial charge in [-0.1, -0.05) is 133 Å². The van der Waals surface area contributed by atoms with Gasteiger partial charge in [-0.3, -0.25) is 0 Å². The van der Waals surface area contributed by atoms with Crippen LogP contribution in [0.2, 0.25) is 0 Å². The van der Waals surface area contributed by atoms with E-state index >= 15 is 0 Å². The summed E-state index contributed by atoms with van der Waals surface area (Å²) in [4.78, 5) is 15.2. The fraction of sp³-hybridized carbons (Fsp3) is 0. The molecule has 238 valence electrons. The maximum absolute atomic E-state index is 9.71. The molecule has 0 saturated carbocycles. The first-order valence-electron chi connectivity index (χ1n) is 16.8. The van der Waals surface area contributed by atoms with Crippen molar-refractivity contribution >= 4 is 21.8 Å². The van der Waals surface area contributed by atoms with Crippen LogP contribution in [0.15, 0.2) is 176 Å². The van der Waals surface area contributed by atoms with Crippen molar-refractivity contribution in [2.24, 2.45) is 0 Å². The average molecular weight is 652 g/mol. The highest BCUT2D eigenvalue weighted by Gasteiger charge is 2.20. The van der Waals surface area contributed by atoms with Gasteiger partial charge in [0, 0.05) is 27.5 Å². The van der Waals surface area contributed by atoms with Crippen LogP contribution < -0.4 is 0 Å². The molecule has 0 spiro atoms. The molecule has 0 N–H and O–H groups in total. The number of aromatic nitrogens is 4. The van der Waals surface area contributed by atoms with Crippen LogP contribution in [0.25, 0.3) is 83.9 Å². The minimum Gasteiger partial charge on any atom is -0.308 e. The molecule has 0 aliphatic carbocycles. The molecule has 5 heteroatoms. The molecular formula is C46H29N5. The molecule has 0 bridgehead atoms. The monoisotopic (exact) mass is 651 g/mol. The smallest absolute Gasteiger partial charge is 0.166 e. The van der Waals surface area contributed by atoms with E-state index in [0.717, 1.165) is 60.9 Å². The zero-order valence-electron chi connectivity index (χ0n) is 27.5. The van der Waals surface area contributed by atoms with Gasteiger partial charge in [0.2, 0.25) is 0 Å². The van der Waals surface area contributed by atoms with E-state index in [4.69, 9.17) is 15.0 Å². The Kier molecular flexibility index (Phi) is 7.46. The number of benzene rings is 7. The maximum Gasteiger partial charge on any atom is 0.166 e. The predicted octanol–water partition coefficient (Wildman–Crippen LogP) is 11.2. The van der Waals surface area contributed by atoms with Gasteiger partial charge in [0.25, 0.3) is 0 Å². The van der Waals surface area contributed by atoms with Crippen molar-refractivity contribution in [3.05, 3.63) is 181 Å². The molecule has 0 aliphatic heterocycles. The molecule has 2 heterocycles. The molecule has 0 atom stereocenters.